The molecular weight excluding hydrogens is 302 g/mol. The van der Waals surface area contributed by atoms with Crippen molar-refractivity contribution in [2.75, 3.05) is 25.7 Å². The molecule has 0 unspecified atom stereocenters. The Labute approximate surface area is 114 Å². The summed E-state index contributed by atoms with van der Waals surface area (Å²) in [6.07, 6.45) is 3.03. The van der Waals surface area contributed by atoms with Crippen LogP contribution in [0.5, 0.6) is 5.75 Å². The topological polar surface area (TPSA) is 38.3 Å². The molecule has 17 heavy (non-hydrogen) atoms. The van der Waals surface area contributed by atoms with Gasteiger partial charge < -0.3 is 10.1 Å². The molecule has 1 aromatic rings. The Hall–Kier alpha value is -0.680. The normalized spacial score (nSPS) is 10.1. The van der Waals surface area contributed by atoms with Gasteiger partial charge in [0.15, 0.2) is 0 Å². The van der Waals surface area contributed by atoms with E-state index in [2.05, 4.69) is 27.5 Å². The molecule has 0 bridgehead atoms. The quantitative estimate of drug-likeness (QED) is 0.820. The van der Waals surface area contributed by atoms with Gasteiger partial charge in [0, 0.05) is 11.0 Å². The zero-order valence-electron chi connectivity index (χ0n) is 9.96. The zero-order valence-corrected chi connectivity index (χ0v) is 12.4. The lowest BCUT2D eigenvalue weighted by molar-refractivity contribution is 0.0951. The standard InChI is InChI=1S/C12H16BrNO2S/c1-16-11-8-9(13)4-5-10(11)12(15)14-6-3-7-17-2/h4-5,8H,3,6-7H2,1-2H3,(H,14,15). The molecule has 1 N–H and O–H groups in total. The van der Waals surface area contributed by atoms with E-state index < -0.39 is 0 Å². The number of carbonyl (C=O) groups is 1. The fourth-order valence-electron chi connectivity index (χ4n) is 1.37. The Kier molecular flexibility index (Phi) is 6.44. The van der Waals surface area contributed by atoms with Crippen molar-refractivity contribution in [3.05, 3.63) is 28.2 Å². The Morgan fingerprint density at radius 3 is 2.94 bits per heavy atom. The number of halogens is 1. The Balaban J connectivity index is 2.62. The second-order valence-electron chi connectivity index (χ2n) is 3.45. The fourth-order valence-corrected chi connectivity index (χ4v) is 2.14. The van der Waals surface area contributed by atoms with Crippen LogP contribution < -0.4 is 10.1 Å². The first-order chi connectivity index (χ1) is 8.19. The van der Waals surface area contributed by atoms with Crippen LogP contribution in [0.2, 0.25) is 0 Å². The predicted molar refractivity (Wildman–Crippen MR) is 76.0 cm³/mol. The van der Waals surface area contributed by atoms with Crippen LogP contribution in [0.4, 0.5) is 0 Å². The van der Waals surface area contributed by atoms with Gasteiger partial charge in [-0.3, -0.25) is 4.79 Å². The van der Waals surface area contributed by atoms with Crippen LogP contribution in [-0.2, 0) is 0 Å². The van der Waals surface area contributed by atoms with Gasteiger partial charge in [-0.1, -0.05) is 15.9 Å². The van der Waals surface area contributed by atoms with Crippen molar-refractivity contribution in [1.29, 1.82) is 0 Å². The summed E-state index contributed by atoms with van der Waals surface area (Å²) in [5.74, 6) is 1.55. The van der Waals surface area contributed by atoms with Crippen LogP contribution >= 0.6 is 27.7 Å². The highest BCUT2D eigenvalue weighted by molar-refractivity contribution is 9.10. The second kappa shape index (κ2) is 7.61. The zero-order chi connectivity index (χ0) is 12.7. The molecule has 0 saturated heterocycles. The van der Waals surface area contributed by atoms with Crippen molar-refractivity contribution in [2.45, 2.75) is 6.42 Å². The SMILES string of the molecule is COc1cc(Br)ccc1C(=O)NCCCSC. The van der Waals surface area contributed by atoms with Crippen molar-refractivity contribution < 1.29 is 9.53 Å². The number of hydrogen-bond donors (Lipinski definition) is 1. The third-order valence-corrected chi connectivity index (χ3v) is 3.41. The van der Waals surface area contributed by atoms with Crippen LogP contribution in [0.15, 0.2) is 22.7 Å². The number of methoxy groups -OCH3 is 1. The second-order valence-corrected chi connectivity index (χ2v) is 5.35. The molecule has 5 heteroatoms. The number of thioether (sulfide) groups is 1. The summed E-state index contributed by atoms with van der Waals surface area (Å²) >= 11 is 5.12. The lowest BCUT2D eigenvalue weighted by Gasteiger charge is -2.09. The van der Waals surface area contributed by atoms with Gasteiger partial charge in [-0.05, 0) is 36.6 Å². The molecule has 0 atom stereocenters. The van der Waals surface area contributed by atoms with Gasteiger partial charge in [-0.2, -0.15) is 11.8 Å². The molecule has 0 spiro atoms. The Morgan fingerprint density at radius 1 is 1.53 bits per heavy atom. The summed E-state index contributed by atoms with van der Waals surface area (Å²) in [6.45, 7) is 0.693. The average Bonchev–Trinajstić information content (AvgIpc) is 2.34. The van der Waals surface area contributed by atoms with Crippen molar-refractivity contribution in [2.24, 2.45) is 0 Å². The molecule has 0 aliphatic carbocycles. The Morgan fingerprint density at radius 2 is 2.29 bits per heavy atom. The van der Waals surface area contributed by atoms with E-state index in [0.29, 0.717) is 17.9 Å². The van der Waals surface area contributed by atoms with Gasteiger partial charge in [0.05, 0.1) is 12.7 Å². The van der Waals surface area contributed by atoms with E-state index in [9.17, 15) is 4.79 Å². The van der Waals surface area contributed by atoms with Crippen LogP contribution in [-0.4, -0.2) is 31.6 Å². The van der Waals surface area contributed by atoms with Crippen molar-refractivity contribution in [3.63, 3.8) is 0 Å². The molecule has 0 saturated carbocycles. The average molecular weight is 318 g/mol. The van der Waals surface area contributed by atoms with Gasteiger partial charge in [0.2, 0.25) is 0 Å². The van der Waals surface area contributed by atoms with Gasteiger partial charge in [0.25, 0.3) is 5.91 Å². The van der Waals surface area contributed by atoms with Crippen LogP contribution in [0.3, 0.4) is 0 Å². The van der Waals surface area contributed by atoms with Crippen LogP contribution in [0.1, 0.15) is 16.8 Å². The first-order valence-electron chi connectivity index (χ1n) is 5.29. The van der Waals surface area contributed by atoms with Crippen LogP contribution in [0, 0.1) is 0 Å². The lowest BCUT2D eigenvalue weighted by Crippen LogP contribution is -2.25. The third-order valence-electron chi connectivity index (χ3n) is 2.22. The first-order valence-corrected chi connectivity index (χ1v) is 7.48. The molecule has 1 aromatic carbocycles. The summed E-state index contributed by atoms with van der Waals surface area (Å²) in [6, 6.07) is 5.38. The molecule has 1 rings (SSSR count). The fraction of sp³-hybridized carbons (Fsp3) is 0.417. The van der Waals surface area contributed by atoms with Crippen molar-refractivity contribution in [1.82, 2.24) is 5.32 Å². The van der Waals surface area contributed by atoms with E-state index in [4.69, 9.17) is 4.74 Å². The van der Waals surface area contributed by atoms with Crippen molar-refractivity contribution in [3.8, 4) is 5.75 Å². The maximum Gasteiger partial charge on any atom is 0.255 e. The maximum absolute atomic E-state index is 11.9. The molecular formula is C12H16BrNO2S. The summed E-state index contributed by atoms with van der Waals surface area (Å²) < 4.78 is 6.08. The number of hydrogen-bond acceptors (Lipinski definition) is 3. The minimum Gasteiger partial charge on any atom is -0.496 e. The molecule has 0 aliphatic heterocycles. The van der Waals surface area contributed by atoms with E-state index in [1.807, 2.05) is 6.07 Å². The van der Waals surface area contributed by atoms with E-state index in [1.54, 1.807) is 31.0 Å². The molecule has 0 heterocycles. The Bertz CT molecular complexity index is 385. The molecule has 0 aromatic heterocycles. The lowest BCUT2D eigenvalue weighted by atomic mass is 10.2. The van der Waals surface area contributed by atoms with E-state index in [0.717, 1.165) is 16.6 Å². The van der Waals surface area contributed by atoms with Crippen LogP contribution in [0.25, 0.3) is 0 Å². The summed E-state index contributed by atoms with van der Waals surface area (Å²) in [4.78, 5) is 11.9. The first kappa shape index (κ1) is 14.4. The molecule has 3 nitrogen and oxygen atoms in total. The number of ether oxygens (including phenoxy) is 1. The van der Waals surface area contributed by atoms with Crippen molar-refractivity contribution >= 4 is 33.6 Å². The number of carbonyl (C=O) groups excluding carboxylic acids is 1. The molecule has 0 fully saturated rings. The van der Waals surface area contributed by atoms with Gasteiger partial charge in [-0.15, -0.1) is 0 Å². The van der Waals surface area contributed by atoms with E-state index in [1.165, 1.54) is 0 Å². The van der Waals surface area contributed by atoms with E-state index >= 15 is 0 Å². The summed E-state index contributed by atoms with van der Waals surface area (Å²) in [7, 11) is 1.56. The number of rotatable bonds is 6. The molecule has 0 aliphatic rings. The highest BCUT2D eigenvalue weighted by Crippen LogP contribution is 2.23. The number of amides is 1. The highest BCUT2D eigenvalue weighted by Gasteiger charge is 2.11. The van der Waals surface area contributed by atoms with Gasteiger partial charge in [-0.25, -0.2) is 0 Å². The highest BCUT2D eigenvalue weighted by atomic mass is 79.9. The van der Waals surface area contributed by atoms with Gasteiger partial charge in [0.1, 0.15) is 5.75 Å². The summed E-state index contributed by atoms with van der Waals surface area (Å²) in [5.41, 5.74) is 0.569. The minimum absolute atomic E-state index is 0.0875. The third kappa shape index (κ3) is 4.60. The molecule has 0 radical (unpaired) electrons. The molecule has 1 amide bonds. The largest absolute Gasteiger partial charge is 0.496 e. The smallest absolute Gasteiger partial charge is 0.255 e. The predicted octanol–water partition coefficient (Wildman–Crippen LogP) is 2.94. The maximum atomic E-state index is 11.9. The number of nitrogens with one attached hydrogen (secondary N) is 1. The van der Waals surface area contributed by atoms with Gasteiger partial charge >= 0.3 is 0 Å². The monoisotopic (exact) mass is 317 g/mol. The summed E-state index contributed by atoms with van der Waals surface area (Å²) in [5, 5.41) is 2.88. The number of benzene rings is 1. The minimum atomic E-state index is -0.0875. The van der Waals surface area contributed by atoms with E-state index in [-0.39, 0.29) is 5.91 Å². The molecule has 94 valence electrons.